The fourth-order valence-electron chi connectivity index (χ4n) is 3.80. The lowest BCUT2D eigenvalue weighted by atomic mass is 10.1. The molecule has 192 valence electrons. The van der Waals surface area contributed by atoms with Crippen LogP contribution in [0.3, 0.4) is 0 Å². The first-order valence-corrected chi connectivity index (χ1v) is 11.3. The van der Waals surface area contributed by atoms with Crippen LogP contribution in [-0.2, 0) is 4.74 Å². The molecule has 4 rings (SSSR count). The third kappa shape index (κ3) is 5.78. The van der Waals surface area contributed by atoms with Crippen LogP contribution in [0.2, 0.25) is 0 Å². The van der Waals surface area contributed by atoms with Crippen molar-refractivity contribution in [1.29, 1.82) is 0 Å². The minimum atomic E-state index is -2.86. The second-order valence-corrected chi connectivity index (χ2v) is 9.31. The van der Waals surface area contributed by atoms with Crippen molar-refractivity contribution in [2.75, 3.05) is 31.2 Å². The molecule has 1 aliphatic heterocycles. The van der Waals surface area contributed by atoms with E-state index >= 15 is 0 Å². The summed E-state index contributed by atoms with van der Waals surface area (Å²) in [6.07, 6.45) is 2.71. The van der Waals surface area contributed by atoms with Crippen LogP contribution in [0.25, 0.3) is 11.1 Å². The van der Waals surface area contributed by atoms with Gasteiger partial charge in [0.25, 0.3) is 6.43 Å². The van der Waals surface area contributed by atoms with E-state index in [1.807, 2.05) is 31.6 Å². The molecular formula is C23H28F2N8O3. The number of nitrogens with two attached hydrogens (primary N) is 1. The highest BCUT2D eigenvalue weighted by Crippen LogP contribution is 2.33. The smallest absolute Gasteiger partial charge is 0.410 e. The van der Waals surface area contributed by atoms with E-state index in [4.69, 9.17) is 15.2 Å². The number of carbonyl (C=O) groups is 1. The molecular weight excluding hydrogens is 474 g/mol. The number of hydrogen-bond acceptors (Lipinski definition) is 9. The predicted molar refractivity (Wildman–Crippen MR) is 128 cm³/mol. The Balaban J connectivity index is 1.49. The zero-order valence-electron chi connectivity index (χ0n) is 20.4. The minimum Gasteiger partial charge on any atom is -0.496 e. The van der Waals surface area contributed by atoms with Crippen molar-refractivity contribution in [1.82, 2.24) is 29.6 Å². The Bertz CT molecular complexity index is 1240. The molecule has 1 atom stereocenters. The number of nitrogens with zero attached hydrogens (tertiary/aromatic N) is 6. The Kier molecular flexibility index (Phi) is 6.91. The summed E-state index contributed by atoms with van der Waals surface area (Å²) in [5, 5.41) is 7.33. The summed E-state index contributed by atoms with van der Waals surface area (Å²) in [6.45, 7) is 6.59. The molecule has 4 heterocycles. The number of amides is 1. The van der Waals surface area contributed by atoms with Crippen molar-refractivity contribution in [3.63, 3.8) is 0 Å². The van der Waals surface area contributed by atoms with Gasteiger partial charge in [-0.05, 0) is 27.2 Å². The SMILES string of the molecule is COc1cc(Nc2cc(N)nc(C(F)F)n2)ncc1-c1cnn([C@@H]2CCN(C(=O)OC(C)(C)C)C2)c1. The monoisotopic (exact) mass is 502 g/mol. The number of likely N-dealkylation sites (tertiary alicyclic amines) is 1. The predicted octanol–water partition coefficient (Wildman–Crippen LogP) is 4.19. The Labute approximate surface area is 206 Å². The van der Waals surface area contributed by atoms with Gasteiger partial charge in [0.2, 0.25) is 0 Å². The summed E-state index contributed by atoms with van der Waals surface area (Å²) in [7, 11) is 1.51. The first-order valence-electron chi connectivity index (χ1n) is 11.3. The van der Waals surface area contributed by atoms with E-state index in [0.717, 1.165) is 12.0 Å². The summed E-state index contributed by atoms with van der Waals surface area (Å²) in [4.78, 5) is 25.7. The number of methoxy groups -OCH3 is 1. The van der Waals surface area contributed by atoms with Gasteiger partial charge in [-0.2, -0.15) is 5.10 Å². The minimum absolute atomic E-state index is 0.0124. The Hall–Kier alpha value is -4.03. The number of aromatic nitrogens is 5. The van der Waals surface area contributed by atoms with Gasteiger partial charge in [-0.3, -0.25) is 4.68 Å². The summed E-state index contributed by atoms with van der Waals surface area (Å²) in [6, 6.07) is 2.96. The maximum absolute atomic E-state index is 13.0. The fraction of sp³-hybridized carbons (Fsp3) is 0.435. The number of hydrogen-bond donors (Lipinski definition) is 2. The van der Waals surface area contributed by atoms with Gasteiger partial charge in [0.1, 0.15) is 28.8 Å². The van der Waals surface area contributed by atoms with E-state index in [1.165, 1.54) is 13.2 Å². The molecule has 1 saturated heterocycles. The van der Waals surface area contributed by atoms with E-state index in [-0.39, 0.29) is 23.8 Å². The van der Waals surface area contributed by atoms with Gasteiger partial charge in [0, 0.05) is 48.7 Å². The van der Waals surface area contributed by atoms with Crippen LogP contribution in [0.4, 0.5) is 31.0 Å². The molecule has 1 amide bonds. The van der Waals surface area contributed by atoms with E-state index < -0.39 is 17.9 Å². The standard InChI is InChI=1S/C23H28F2N8O3/c1-23(2,3)36-22(34)32-6-5-14(12-32)33-11-13(9-28-33)15-10-27-18(7-16(15)35-4)30-19-8-17(26)29-21(31-19)20(24)25/h7-11,14,20H,5-6,12H2,1-4H3,(H3,26,27,29,30,31)/t14-/m1/s1. The Morgan fingerprint density at radius 2 is 2.00 bits per heavy atom. The summed E-state index contributed by atoms with van der Waals surface area (Å²) >= 11 is 0. The molecule has 1 aliphatic rings. The topological polar surface area (TPSA) is 133 Å². The van der Waals surface area contributed by atoms with Gasteiger partial charge in [-0.1, -0.05) is 0 Å². The van der Waals surface area contributed by atoms with Gasteiger partial charge in [-0.15, -0.1) is 0 Å². The molecule has 0 unspecified atom stereocenters. The molecule has 3 aromatic heterocycles. The van der Waals surface area contributed by atoms with Crippen molar-refractivity contribution in [3.8, 4) is 16.9 Å². The molecule has 0 spiro atoms. The zero-order chi connectivity index (χ0) is 26.0. The number of pyridine rings is 1. The fourth-order valence-corrected chi connectivity index (χ4v) is 3.80. The lowest BCUT2D eigenvalue weighted by molar-refractivity contribution is 0.0288. The highest BCUT2D eigenvalue weighted by molar-refractivity contribution is 5.71. The van der Waals surface area contributed by atoms with Crippen molar-refractivity contribution in [2.45, 2.75) is 45.3 Å². The van der Waals surface area contributed by atoms with E-state index in [9.17, 15) is 13.6 Å². The molecule has 0 radical (unpaired) electrons. The molecule has 3 aromatic rings. The third-order valence-corrected chi connectivity index (χ3v) is 5.40. The molecule has 0 aromatic carbocycles. The summed E-state index contributed by atoms with van der Waals surface area (Å²) < 4.78 is 38.8. The van der Waals surface area contributed by atoms with E-state index in [1.54, 1.807) is 23.4 Å². The molecule has 0 aliphatic carbocycles. The van der Waals surface area contributed by atoms with Crippen LogP contribution >= 0.6 is 0 Å². The van der Waals surface area contributed by atoms with Crippen LogP contribution in [0, 0.1) is 0 Å². The van der Waals surface area contributed by atoms with Crippen molar-refractivity contribution >= 4 is 23.5 Å². The normalized spacial score (nSPS) is 15.9. The zero-order valence-corrected chi connectivity index (χ0v) is 20.4. The quantitative estimate of drug-likeness (QED) is 0.509. The molecule has 36 heavy (non-hydrogen) atoms. The number of halogens is 2. The van der Waals surface area contributed by atoms with Crippen LogP contribution < -0.4 is 15.8 Å². The van der Waals surface area contributed by atoms with Gasteiger partial charge in [0.15, 0.2) is 5.82 Å². The first kappa shape index (κ1) is 25.1. The molecule has 3 N–H and O–H groups in total. The Morgan fingerprint density at radius 1 is 1.22 bits per heavy atom. The second kappa shape index (κ2) is 9.91. The maximum atomic E-state index is 13.0. The number of ether oxygens (including phenoxy) is 2. The van der Waals surface area contributed by atoms with Crippen LogP contribution in [0.1, 0.15) is 45.5 Å². The van der Waals surface area contributed by atoms with Crippen LogP contribution in [0.5, 0.6) is 5.75 Å². The Morgan fingerprint density at radius 3 is 2.69 bits per heavy atom. The molecule has 0 bridgehead atoms. The molecule has 11 nitrogen and oxygen atoms in total. The van der Waals surface area contributed by atoms with Crippen LogP contribution in [0.15, 0.2) is 30.7 Å². The summed E-state index contributed by atoms with van der Waals surface area (Å²) in [5.74, 6) is 0.139. The largest absolute Gasteiger partial charge is 0.496 e. The number of anilines is 3. The maximum Gasteiger partial charge on any atom is 0.410 e. The number of nitrogen functional groups attached to an aromatic ring is 1. The first-order chi connectivity index (χ1) is 17.0. The average Bonchev–Trinajstić information content (AvgIpc) is 3.47. The van der Waals surface area contributed by atoms with Gasteiger partial charge in [0.05, 0.1) is 19.3 Å². The average molecular weight is 503 g/mol. The number of carbonyl (C=O) groups excluding carboxylic acids is 1. The van der Waals surface area contributed by atoms with Crippen molar-refractivity contribution < 1.29 is 23.0 Å². The van der Waals surface area contributed by atoms with E-state index in [2.05, 4.69) is 25.4 Å². The number of alkyl halides is 2. The second-order valence-electron chi connectivity index (χ2n) is 9.31. The third-order valence-electron chi connectivity index (χ3n) is 5.40. The van der Waals surface area contributed by atoms with Crippen molar-refractivity contribution in [2.24, 2.45) is 0 Å². The number of rotatable bonds is 6. The summed E-state index contributed by atoms with van der Waals surface area (Å²) in [5.41, 5.74) is 6.51. The highest BCUT2D eigenvalue weighted by atomic mass is 19.3. The van der Waals surface area contributed by atoms with E-state index in [0.29, 0.717) is 30.2 Å². The molecule has 1 fully saturated rings. The van der Waals surface area contributed by atoms with Gasteiger partial charge < -0.3 is 25.4 Å². The van der Waals surface area contributed by atoms with Crippen molar-refractivity contribution in [3.05, 3.63) is 36.5 Å². The number of nitrogens with one attached hydrogen (secondary N) is 1. The highest BCUT2D eigenvalue weighted by Gasteiger charge is 2.31. The lowest BCUT2D eigenvalue weighted by Gasteiger charge is -2.24. The molecule has 13 heteroatoms. The van der Waals surface area contributed by atoms with Crippen LogP contribution in [-0.4, -0.2) is 61.5 Å². The molecule has 0 saturated carbocycles. The lowest BCUT2D eigenvalue weighted by Crippen LogP contribution is -2.35. The van der Waals surface area contributed by atoms with Gasteiger partial charge in [-0.25, -0.2) is 28.5 Å². The van der Waals surface area contributed by atoms with Gasteiger partial charge >= 0.3 is 6.09 Å².